The van der Waals surface area contributed by atoms with Crippen LogP contribution in [0.5, 0.6) is 0 Å². The highest BCUT2D eigenvalue weighted by Gasteiger charge is 2.17. The third-order valence-corrected chi connectivity index (χ3v) is 3.49. The number of aromatic nitrogens is 3. The lowest BCUT2D eigenvalue weighted by Gasteiger charge is -2.07. The van der Waals surface area contributed by atoms with E-state index < -0.39 is 10.8 Å². The molecule has 6 nitrogen and oxygen atoms in total. The van der Waals surface area contributed by atoms with Gasteiger partial charge in [-0.05, 0) is 0 Å². The zero-order valence-electron chi connectivity index (χ0n) is 9.54. The Kier molecular flexibility index (Phi) is 4.60. The van der Waals surface area contributed by atoms with Crippen LogP contribution in [0, 0.1) is 5.92 Å². The molecule has 0 fully saturated rings. The Labute approximate surface area is 96.4 Å². The first kappa shape index (κ1) is 12.8. The zero-order chi connectivity index (χ0) is 12.1. The molecule has 16 heavy (non-hydrogen) atoms. The van der Waals surface area contributed by atoms with E-state index >= 15 is 0 Å². The lowest BCUT2D eigenvalue weighted by Crippen LogP contribution is -2.20. The van der Waals surface area contributed by atoms with Crippen LogP contribution < -0.4 is 0 Å². The van der Waals surface area contributed by atoms with Crippen LogP contribution in [0.15, 0.2) is 6.20 Å². The summed E-state index contributed by atoms with van der Waals surface area (Å²) in [6, 6.07) is 0. The van der Waals surface area contributed by atoms with Crippen molar-refractivity contribution in [3.8, 4) is 0 Å². The lowest BCUT2D eigenvalue weighted by molar-refractivity contribution is -0.144. The van der Waals surface area contributed by atoms with Gasteiger partial charge in [-0.1, -0.05) is 12.1 Å². The third-order valence-electron chi connectivity index (χ3n) is 2.00. The Balaban J connectivity index is 2.45. The van der Waals surface area contributed by atoms with Crippen LogP contribution in [0.25, 0.3) is 0 Å². The van der Waals surface area contributed by atoms with Crippen molar-refractivity contribution in [1.82, 2.24) is 15.0 Å². The van der Waals surface area contributed by atoms with Gasteiger partial charge < -0.3 is 4.74 Å². The summed E-state index contributed by atoms with van der Waals surface area (Å²) in [4.78, 5) is 11.1. The van der Waals surface area contributed by atoms with Gasteiger partial charge in [0.2, 0.25) is 0 Å². The first-order valence-corrected chi connectivity index (χ1v) is 6.29. The number of aryl methyl sites for hydroxylation is 1. The maximum Gasteiger partial charge on any atom is 0.309 e. The van der Waals surface area contributed by atoms with Crippen LogP contribution in [0.1, 0.15) is 12.6 Å². The standard InChI is InChI=1S/C9H15N3O3S/c1-7(9(13)15-3)5-16(14)6-8-4-12(2)11-10-8/h4,7H,5-6H2,1-3H3. The summed E-state index contributed by atoms with van der Waals surface area (Å²) in [6.07, 6.45) is 1.71. The molecule has 0 aliphatic heterocycles. The summed E-state index contributed by atoms with van der Waals surface area (Å²) in [5.41, 5.74) is 0.665. The molecule has 1 rings (SSSR count). The first-order valence-electron chi connectivity index (χ1n) is 4.81. The van der Waals surface area contributed by atoms with Crippen LogP contribution in [-0.4, -0.2) is 38.0 Å². The number of rotatable bonds is 5. The molecule has 0 aromatic carbocycles. The van der Waals surface area contributed by atoms with Gasteiger partial charge >= 0.3 is 5.97 Å². The first-order chi connectivity index (χ1) is 7.52. The Morgan fingerprint density at radius 2 is 2.38 bits per heavy atom. The molecule has 0 saturated carbocycles. The van der Waals surface area contributed by atoms with Crippen molar-refractivity contribution in [3.63, 3.8) is 0 Å². The number of ether oxygens (including phenoxy) is 1. The van der Waals surface area contributed by atoms with Crippen LogP contribution >= 0.6 is 0 Å². The summed E-state index contributed by atoms with van der Waals surface area (Å²) in [5, 5.41) is 7.57. The van der Waals surface area contributed by atoms with E-state index in [2.05, 4.69) is 15.0 Å². The molecule has 2 atom stereocenters. The molecule has 2 unspecified atom stereocenters. The van der Waals surface area contributed by atoms with Crippen molar-refractivity contribution in [1.29, 1.82) is 0 Å². The lowest BCUT2D eigenvalue weighted by atomic mass is 10.2. The van der Waals surface area contributed by atoms with Gasteiger partial charge in [-0.25, -0.2) is 0 Å². The summed E-state index contributed by atoms with van der Waals surface area (Å²) >= 11 is 0. The van der Waals surface area contributed by atoms with Gasteiger partial charge in [0.15, 0.2) is 0 Å². The van der Waals surface area contributed by atoms with Crippen molar-refractivity contribution in [2.45, 2.75) is 12.7 Å². The second-order valence-electron chi connectivity index (χ2n) is 3.56. The maximum atomic E-state index is 11.7. The summed E-state index contributed by atoms with van der Waals surface area (Å²) in [5.74, 6) is -0.103. The zero-order valence-corrected chi connectivity index (χ0v) is 10.4. The minimum Gasteiger partial charge on any atom is -0.469 e. The highest BCUT2D eigenvalue weighted by Crippen LogP contribution is 2.05. The van der Waals surface area contributed by atoms with Gasteiger partial charge in [-0.3, -0.25) is 13.7 Å². The van der Waals surface area contributed by atoms with E-state index in [1.165, 1.54) is 7.11 Å². The fourth-order valence-electron chi connectivity index (χ4n) is 1.23. The number of hydrogen-bond acceptors (Lipinski definition) is 5. The van der Waals surface area contributed by atoms with Gasteiger partial charge in [0.1, 0.15) is 0 Å². The predicted molar refractivity (Wildman–Crippen MR) is 58.9 cm³/mol. The van der Waals surface area contributed by atoms with Gasteiger partial charge in [0.25, 0.3) is 0 Å². The molecule has 0 amide bonds. The van der Waals surface area contributed by atoms with Crippen molar-refractivity contribution < 1.29 is 13.7 Å². The van der Waals surface area contributed by atoms with Crippen molar-refractivity contribution in [3.05, 3.63) is 11.9 Å². The normalized spacial score (nSPS) is 14.4. The number of hydrogen-bond donors (Lipinski definition) is 0. The molecule has 0 bridgehead atoms. The average Bonchev–Trinajstić information content (AvgIpc) is 2.62. The minimum absolute atomic E-state index is 0.281. The molecular formula is C9H15N3O3S. The quantitative estimate of drug-likeness (QED) is 0.676. The smallest absolute Gasteiger partial charge is 0.309 e. The van der Waals surface area contributed by atoms with E-state index in [0.717, 1.165) is 0 Å². The Bertz CT molecular complexity index is 391. The molecule has 7 heteroatoms. The fourth-order valence-corrected chi connectivity index (χ4v) is 2.51. The van der Waals surface area contributed by atoms with Crippen molar-refractivity contribution in [2.75, 3.05) is 12.9 Å². The highest BCUT2D eigenvalue weighted by molar-refractivity contribution is 7.84. The van der Waals surface area contributed by atoms with Crippen LogP contribution in [0.3, 0.4) is 0 Å². The molecule has 1 heterocycles. The maximum absolute atomic E-state index is 11.7. The average molecular weight is 245 g/mol. The molecule has 0 radical (unpaired) electrons. The monoisotopic (exact) mass is 245 g/mol. The SMILES string of the molecule is COC(=O)C(C)CS(=O)Cc1cn(C)nn1. The molecule has 0 aliphatic carbocycles. The third kappa shape index (κ3) is 3.73. The Morgan fingerprint density at radius 1 is 1.69 bits per heavy atom. The molecule has 0 spiro atoms. The second kappa shape index (κ2) is 5.74. The molecule has 1 aromatic heterocycles. The number of carbonyl (C=O) groups excluding carboxylic acids is 1. The van der Waals surface area contributed by atoms with E-state index in [1.807, 2.05) is 0 Å². The van der Waals surface area contributed by atoms with E-state index in [9.17, 15) is 9.00 Å². The number of nitrogens with zero attached hydrogens (tertiary/aromatic N) is 3. The molecule has 0 saturated heterocycles. The summed E-state index contributed by atoms with van der Waals surface area (Å²) in [6.45, 7) is 1.69. The Morgan fingerprint density at radius 3 is 2.88 bits per heavy atom. The number of carbonyl (C=O) groups is 1. The van der Waals surface area contributed by atoms with Gasteiger partial charge in [0.05, 0.1) is 24.5 Å². The molecule has 0 N–H and O–H groups in total. The predicted octanol–water partition coefficient (Wildman–Crippen LogP) is -0.127. The largest absolute Gasteiger partial charge is 0.469 e. The number of esters is 1. The summed E-state index contributed by atoms with van der Waals surface area (Å²) in [7, 11) is 1.94. The van der Waals surface area contributed by atoms with Gasteiger partial charge in [-0.15, -0.1) is 5.10 Å². The van der Waals surface area contributed by atoms with Gasteiger partial charge in [-0.2, -0.15) is 0 Å². The minimum atomic E-state index is -1.13. The molecule has 90 valence electrons. The van der Waals surface area contributed by atoms with E-state index in [-0.39, 0.29) is 17.6 Å². The topological polar surface area (TPSA) is 74.1 Å². The van der Waals surface area contributed by atoms with E-state index in [1.54, 1.807) is 24.9 Å². The molecule has 1 aromatic rings. The van der Waals surface area contributed by atoms with Crippen molar-refractivity contribution in [2.24, 2.45) is 13.0 Å². The van der Waals surface area contributed by atoms with Crippen LogP contribution in [0.2, 0.25) is 0 Å². The van der Waals surface area contributed by atoms with Gasteiger partial charge in [0, 0.05) is 29.8 Å². The van der Waals surface area contributed by atoms with Crippen LogP contribution in [-0.2, 0) is 33.1 Å². The van der Waals surface area contributed by atoms with E-state index in [4.69, 9.17) is 0 Å². The summed E-state index contributed by atoms with van der Waals surface area (Å²) < 4.78 is 17.8. The highest BCUT2D eigenvalue weighted by atomic mass is 32.2. The molecular weight excluding hydrogens is 230 g/mol. The molecule has 0 aliphatic rings. The van der Waals surface area contributed by atoms with E-state index in [0.29, 0.717) is 11.4 Å². The van der Waals surface area contributed by atoms with Crippen molar-refractivity contribution >= 4 is 16.8 Å². The number of methoxy groups -OCH3 is 1. The second-order valence-corrected chi connectivity index (χ2v) is 5.06. The van der Waals surface area contributed by atoms with Crippen LogP contribution in [0.4, 0.5) is 0 Å². The fraction of sp³-hybridized carbons (Fsp3) is 0.667. The Hall–Kier alpha value is -1.24.